The van der Waals surface area contributed by atoms with E-state index in [2.05, 4.69) is 15.0 Å². The Balaban J connectivity index is 2.79. The number of carbonyl (C=O) groups is 3. The van der Waals surface area contributed by atoms with Crippen molar-refractivity contribution in [3.05, 3.63) is 11.6 Å². The van der Waals surface area contributed by atoms with Crippen LogP contribution < -0.4 is 4.74 Å². The van der Waals surface area contributed by atoms with E-state index < -0.39 is 17.7 Å². The fourth-order valence-corrected chi connectivity index (χ4v) is 1.65. The SMILES string of the molecule is CCOC(=O)CC(=O)Cc1nc(CC(=O)OCC)nc(OC)n1. The lowest BCUT2D eigenvalue weighted by Gasteiger charge is -2.06. The van der Waals surface area contributed by atoms with Crippen LogP contribution in [0.1, 0.15) is 31.9 Å². The molecule has 0 aliphatic heterocycles. The standard InChI is InChI=1S/C14H19N3O6/c1-4-22-12(19)7-9(18)6-10-15-11(8-13(20)23-5-2)17-14(16-10)21-3/h4-8H2,1-3H3. The van der Waals surface area contributed by atoms with Gasteiger partial charge in [-0.2, -0.15) is 9.97 Å². The highest BCUT2D eigenvalue weighted by Crippen LogP contribution is 2.07. The summed E-state index contributed by atoms with van der Waals surface area (Å²) in [6.07, 6.45) is -0.714. The van der Waals surface area contributed by atoms with E-state index in [1.54, 1.807) is 13.8 Å². The molecule has 9 heteroatoms. The summed E-state index contributed by atoms with van der Waals surface area (Å²) in [5, 5.41) is 0. The number of aromatic nitrogens is 3. The van der Waals surface area contributed by atoms with Gasteiger partial charge in [-0.05, 0) is 13.8 Å². The van der Waals surface area contributed by atoms with E-state index >= 15 is 0 Å². The second kappa shape index (κ2) is 9.44. The second-order valence-electron chi connectivity index (χ2n) is 4.33. The van der Waals surface area contributed by atoms with Crippen molar-refractivity contribution in [2.45, 2.75) is 33.1 Å². The van der Waals surface area contributed by atoms with E-state index in [0.29, 0.717) is 0 Å². The van der Waals surface area contributed by atoms with Crippen LogP contribution in [0.2, 0.25) is 0 Å². The second-order valence-corrected chi connectivity index (χ2v) is 4.33. The molecule has 0 aliphatic rings. The molecule has 1 heterocycles. The van der Waals surface area contributed by atoms with Gasteiger partial charge in [-0.15, -0.1) is 0 Å². The number of ketones is 1. The van der Waals surface area contributed by atoms with E-state index in [1.165, 1.54) is 7.11 Å². The molecule has 0 atom stereocenters. The molecule has 23 heavy (non-hydrogen) atoms. The average molecular weight is 325 g/mol. The highest BCUT2D eigenvalue weighted by atomic mass is 16.5. The number of methoxy groups -OCH3 is 1. The zero-order chi connectivity index (χ0) is 17.2. The molecule has 0 aliphatic carbocycles. The van der Waals surface area contributed by atoms with Gasteiger partial charge >= 0.3 is 17.9 Å². The van der Waals surface area contributed by atoms with Gasteiger partial charge in [0.2, 0.25) is 0 Å². The third kappa shape index (κ3) is 6.81. The van der Waals surface area contributed by atoms with Crippen molar-refractivity contribution in [1.82, 2.24) is 15.0 Å². The Morgan fingerprint density at radius 1 is 0.870 bits per heavy atom. The third-order valence-electron chi connectivity index (χ3n) is 2.50. The van der Waals surface area contributed by atoms with Crippen LogP contribution in [0.25, 0.3) is 0 Å². The van der Waals surface area contributed by atoms with Crippen LogP contribution in [0.15, 0.2) is 0 Å². The van der Waals surface area contributed by atoms with Crippen molar-refractivity contribution in [3.8, 4) is 6.01 Å². The lowest BCUT2D eigenvalue weighted by molar-refractivity contribution is -0.145. The van der Waals surface area contributed by atoms with Crippen LogP contribution >= 0.6 is 0 Å². The first-order chi connectivity index (χ1) is 11.0. The molecule has 0 N–H and O–H groups in total. The monoisotopic (exact) mass is 325 g/mol. The molecular formula is C14H19N3O6. The largest absolute Gasteiger partial charge is 0.467 e. The third-order valence-corrected chi connectivity index (χ3v) is 2.50. The van der Waals surface area contributed by atoms with Crippen LogP contribution in [0.3, 0.4) is 0 Å². The van der Waals surface area contributed by atoms with Gasteiger partial charge in [-0.3, -0.25) is 14.4 Å². The van der Waals surface area contributed by atoms with Crippen LogP contribution in [0.5, 0.6) is 6.01 Å². The molecule has 0 saturated heterocycles. The van der Waals surface area contributed by atoms with Gasteiger partial charge in [-0.25, -0.2) is 4.98 Å². The number of Topliss-reactive ketones (excluding diaryl/α,β-unsaturated/α-hetero) is 1. The summed E-state index contributed by atoms with van der Waals surface area (Å²) in [5.74, 6) is -1.26. The molecular weight excluding hydrogens is 306 g/mol. The maximum atomic E-state index is 11.8. The minimum Gasteiger partial charge on any atom is -0.467 e. The number of rotatable bonds is 9. The van der Waals surface area contributed by atoms with Gasteiger partial charge in [0.1, 0.15) is 24.5 Å². The summed E-state index contributed by atoms with van der Waals surface area (Å²) in [6, 6.07) is -0.0155. The fourth-order valence-electron chi connectivity index (χ4n) is 1.65. The molecule has 0 aromatic carbocycles. The average Bonchev–Trinajstić information content (AvgIpc) is 2.46. The highest BCUT2D eigenvalue weighted by molar-refractivity contribution is 5.96. The van der Waals surface area contributed by atoms with E-state index in [0.717, 1.165) is 0 Å². The molecule has 0 radical (unpaired) electrons. The van der Waals surface area contributed by atoms with Crippen LogP contribution in [0.4, 0.5) is 0 Å². The zero-order valence-electron chi connectivity index (χ0n) is 13.3. The first kappa shape index (κ1) is 18.5. The summed E-state index contributed by atoms with van der Waals surface area (Å²) < 4.78 is 14.4. The van der Waals surface area contributed by atoms with Gasteiger partial charge in [0, 0.05) is 0 Å². The highest BCUT2D eigenvalue weighted by Gasteiger charge is 2.16. The Morgan fingerprint density at radius 2 is 1.43 bits per heavy atom. The molecule has 0 spiro atoms. The maximum Gasteiger partial charge on any atom is 0.319 e. The molecule has 0 unspecified atom stereocenters. The lowest BCUT2D eigenvalue weighted by Crippen LogP contribution is -2.17. The summed E-state index contributed by atoms with van der Waals surface area (Å²) in [4.78, 5) is 46.4. The van der Waals surface area contributed by atoms with Gasteiger partial charge in [0.05, 0.1) is 26.7 Å². The Morgan fingerprint density at radius 3 is 2.00 bits per heavy atom. The Bertz CT molecular complexity index is 576. The normalized spacial score (nSPS) is 10.0. The van der Waals surface area contributed by atoms with Crippen LogP contribution in [-0.4, -0.2) is 53.0 Å². The van der Waals surface area contributed by atoms with E-state index in [-0.39, 0.29) is 50.1 Å². The lowest BCUT2D eigenvalue weighted by atomic mass is 10.2. The van der Waals surface area contributed by atoms with E-state index in [9.17, 15) is 14.4 Å². The molecule has 0 amide bonds. The van der Waals surface area contributed by atoms with Gasteiger partial charge in [-0.1, -0.05) is 0 Å². The summed E-state index contributed by atoms with van der Waals surface area (Å²) in [7, 11) is 1.35. The molecule has 0 saturated carbocycles. The molecule has 0 bridgehead atoms. The quantitative estimate of drug-likeness (QED) is 0.458. The number of hydrogen-bond donors (Lipinski definition) is 0. The minimum absolute atomic E-state index is 0.0155. The molecule has 1 aromatic heterocycles. The fraction of sp³-hybridized carbons (Fsp3) is 0.571. The smallest absolute Gasteiger partial charge is 0.319 e. The number of hydrogen-bond acceptors (Lipinski definition) is 9. The predicted molar refractivity (Wildman–Crippen MR) is 76.7 cm³/mol. The van der Waals surface area contributed by atoms with Crippen molar-refractivity contribution >= 4 is 17.7 Å². The topological polar surface area (TPSA) is 118 Å². The first-order valence-corrected chi connectivity index (χ1v) is 7.09. The number of nitrogens with zero attached hydrogens (tertiary/aromatic N) is 3. The van der Waals surface area contributed by atoms with E-state index in [4.69, 9.17) is 14.2 Å². The first-order valence-electron chi connectivity index (χ1n) is 7.09. The zero-order valence-corrected chi connectivity index (χ0v) is 13.3. The summed E-state index contributed by atoms with van der Waals surface area (Å²) >= 11 is 0. The molecule has 1 rings (SSSR count). The molecule has 1 aromatic rings. The Labute approximate surface area is 133 Å². The van der Waals surface area contributed by atoms with Crippen molar-refractivity contribution in [2.75, 3.05) is 20.3 Å². The van der Waals surface area contributed by atoms with Gasteiger partial charge < -0.3 is 14.2 Å². The molecule has 0 fully saturated rings. The summed E-state index contributed by atoms with van der Waals surface area (Å²) in [6.45, 7) is 3.79. The van der Waals surface area contributed by atoms with Crippen LogP contribution in [0, 0.1) is 0 Å². The van der Waals surface area contributed by atoms with E-state index in [1.807, 2.05) is 0 Å². The van der Waals surface area contributed by atoms with Gasteiger partial charge in [0.15, 0.2) is 5.78 Å². The predicted octanol–water partition coefficient (Wildman–Crippen LogP) is 0.0506. The number of ether oxygens (including phenoxy) is 3. The minimum atomic E-state index is -0.606. The number of carbonyl (C=O) groups excluding carboxylic acids is 3. The molecule has 9 nitrogen and oxygen atoms in total. The Hall–Kier alpha value is -2.58. The van der Waals surface area contributed by atoms with Crippen molar-refractivity contribution < 1.29 is 28.6 Å². The molecule has 126 valence electrons. The number of esters is 2. The van der Waals surface area contributed by atoms with Crippen molar-refractivity contribution in [3.63, 3.8) is 0 Å². The maximum absolute atomic E-state index is 11.8. The summed E-state index contributed by atoms with van der Waals surface area (Å²) in [5.41, 5.74) is 0. The van der Waals surface area contributed by atoms with Crippen molar-refractivity contribution in [1.29, 1.82) is 0 Å². The van der Waals surface area contributed by atoms with Crippen molar-refractivity contribution in [2.24, 2.45) is 0 Å². The van der Waals surface area contributed by atoms with Gasteiger partial charge in [0.25, 0.3) is 0 Å². The van der Waals surface area contributed by atoms with Crippen LogP contribution in [-0.2, 0) is 36.7 Å². The Kier molecular flexibility index (Phi) is 7.58.